The Labute approximate surface area is 171 Å². The molecule has 7 nitrogen and oxygen atoms in total. The Hall–Kier alpha value is -2.58. The molecule has 2 aromatic carbocycles. The third kappa shape index (κ3) is 4.89. The van der Waals surface area contributed by atoms with Crippen LogP contribution in [0.1, 0.15) is 28.8 Å². The van der Waals surface area contributed by atoms with E-state index in [-0.39, 0.29) is 16.9 Å². The highest BCUT2D eigenvalue weighted by atomic mass is 32.2. The number of benzene rings is 2. The van der Waals surface area contributed by atoms with Gasteiger partial charge in [0.1, 0.15) is 5.75 Å². The number of amides is 1. The van der Waals surface area contributed by atoms with Gasteiger partial charge in [-0.05, 0) is 61.7 Å². The van der Waals surface area contributed by atoms with E-state index in [1.807, 2.05) is 6.92 Å². The van der Waals surface area contributed by atoms with Crippen molar-refractivity contribution in [2.45, 2.75) is 30.8 Å². The SMILES string of the molecule is COc1ccc(NS(=O)(=O)c2ccc(C)c(C(=O)N3CCC(OC)CC3)c2)cc1. The molecule has 0 saturated carbocycles. The minimum Gasteiger partial charge on any atom is -0.497 e. The van der Waals surface area contributed by atoms with E-state index in [0.717, 1.165) is 18.4 Å². The number of nitrogens with zero attached hydrogens (tertiary/aromatic N) is 1. The normalized spacial score (nSPS) is 15.2. The van der Waals surface area contributed by atoms with Crippen molar-refractivity contribution in [2.24, 2.45) is 0 Å². The van der Waals surface area contributed by atoms with E-state index in [1.165, 1.54) is 12.1 Å². The van der Waals surface area contributed by atoms with E-state index in [1.54, 1.807) is 49.5 Å². The van der Waals surface area contributed by atoms with Crippen LogP contribution in [-0.2, 0) is 14.8 Å². The van der Waals surface area contributed by atoms with Crippen molar-refractivity contribution in [3.05, 3.63) is 53.6 Å². The van der Waals surface area contributed by atoms with Crippen molar-refractivity contribution in [3.8, 4) is 5.75 Å². The second-order valence-corrected chi connectivity index (χ2v) is 8.72. The van der Waals surface area contributed by atoms with Crippen LogP contribution >= 0.6 is 0 Å². The fourth-order valence-electron chi connectivity index (χ4n) is 3.34. The second kappa shape index (κ2) is 8.84. The molecule has 0 radical (unpaired) electrons. The van der Waals surface area contributed by atoms with Crippen molar-refractivity contribution >= 4 is 21.6 Å². The first-order valence-electron chi connectivity index (χ1n) is 9.43. The van der Waals surface area contributed by atoms with E-state index in [9.17, 15) is 13.2 Å². The average molecular weight is 419 g/mol. The van der Waals surface area contributed by atoms with E-state index >= 15 is 0 Å². The summed E-state index contributed by atoms with van der Waals surface area (Å²) in [7, 11) is -0.610. The Bertz CT molecular complexity index is 965. The van der Waals surface area contributed by atoms with E-state index in [2.05, 4.69) is 4.72 Å². The molecule has 0 bridgehead atoms. The summed E-state index contributed by atoms with van der Waals surface area (Å²) < 4.78 is 38.6. The third-order valence-electron chi connectivity index (χ3n) is 5.15. The molecule has 1 saturated heterocycles. The summed E-state index contributed by atoms with van der Waals surface area (Å²) in [6.07, 6.45) is 1.72. The zero-order valence-corrected chi connectivity index (χ0v) is 17.7. The zero-order chi connectivity index (χ0) is 21.0. The minimum atomic E-state index is -3.83. The summed E-state index contributed by atoms with van der Waals surface area (Å²) in [5.41, 5.74) is 1.56. The number of hydrogen-bond acceptors (Lipinski definition) is 5. The van der Waals surface area contributed by atoms with Gasteiger partial charge in [-0.2, -0.15) is 0 Å². The molecule has 3 rings (SSSR count). The van der Waals surface area contributed by atoms with Crippen LogP contribution in [0.15, 0.2) is 47.4 Å². The number of anilines is 1. The molecule has 1 aliphatic rings. The Morgan fingerprint density at radius 2 is 1.72 bits per heavy atom. The Kier molecular flexibility index (Phi) is 6.44. The lowest BCUT2D eigenvalue weighted by Crippen LogP contribution is -2.40. The van der Waals surface area contributed by atoms with Crippen molar-refractivity contribution in [2.75, 3.05) is 32.0 Å². The van der Waals surface area contributed by atoms with Crippen LogP contribution in [0.3, 0.4) is 0 Å². The number of piperidine rings is 1. The minimum absolute atomic E-state index is 0.0500. The first kappa shape index (κ1) is 21.1. The Balaban J connectivity index is 1.80. The van der Waals surface area contributed by atoms with Gasteiger partial charge >= 0.3 is 0 Å². The number of rotatable bonds is 6. The first-order chi connectivity index (χ1) is 13.8. The molecule has 1 aliphatic heterocycles. The molecule has 1 fully saturated rings. The summed E-state index contributed by atoms with van der Waals surface area (Å²) in [6.45, 7) is 3.00. The molecule has 29 heavy (non-hydrogen) atoms. The predicted molar refractivity (Wildman–Crippen MR) is 111 cm³/mol. The van der Waals surface area contributed by atoms with Crippen molar-refractivity contribution < 1.29 is 22.7 Å². The van der Waals surface area contributed by atoms with Crippen molar-refractivity contribution in [1.82, 2.24) is 4.90 Å². The number of methoxy groups -OCH3 is 2. The maximum absolute atomic E-state index is 13.0. The highest BCUT2D eigenvalue weighted by molar-refractivity contribution is 7.92. The molecule has 0 aliphatic carbocycles. The molecule has 0 spiro atoms. The van der Waals surface area contributed by atoms with Gasteiger partial charge in [0, 0.05) is 31.5 Å². The highest BCUT2D eigenvalue weighted by Crippen LogP contribution is 2.23. The molecular weight excluding hydrogens is 392 g/mol. The maximum Gasteiger partial charge on any atom is 0.261 e. The van der Waals surface area contributed by atoms with Crippen molar-refractivity contribution in [3.63, 3.8) is 0 Å². The zero-order valence-electron chi connectivity index (χ0n) is 16.8. The van der Waals surface area contributed by atoms with Crippen LogP contribution in [0.4, 0.5) is 5.69 Å². The van der Waals surface area contributed by atoms with Gasteiger partial charge in [-0.25, -0.2) is 8.42 Å². The molecular formula is C21H26N2O5S. The van der Waals surface area contributed by atoms with E-state index < -0.39 is 10.0 Å². The molecule has 8 heteroatoms. The lowest BCUT2D eigenvalue weighted by atomic mass is 10.0. The van der Waals surface area contributed by atoms with Crippen LogP contribution < -0.4 is 9.46 Å². The average Bonchev–Trinajstić information content (AvgIpc) is 2.74. The summed E-state index contributed by atoms with van der Waals surface area (Å²) in [5.74, 6) is 0.479. The topological polar surface area (TPSA) is 84.9 Å². The summed E-state index contributed by atoms with van der Waals surface area (Å²) in [5, 5.41) is 0. The third-order valence-corrected chi connectivity index (χ3v) is 6.53. The smallest absolute Gasteiger partial charge is 0.261 e. The molecule has 2 aromatic rings. The molecule has 0 unspecified atom stereocenters. The van der Waals surface area contributed by atoms with Crippen LogP contribution in [0.5, 0.6) is 5.75 Å². The van der Waals surface area contributed by atoms with Gasteiger partial charge in [-0.1, -0.05) is 6.07 Å². The summed E-state index contributed by atoms with van der Waals surface area (Å²) in [4.78, 5) is 14.8. The largest absolute Gasteiger partial charge is 0.497 e. The highest BCUT2D eigenvalue weighted by Gasteiger charge is 2.26. The molecule has 0 atom stereocenters. The maximum atomic E-state index is 13.0. The fraction of sp³-hybridized carbons (Fsp3) is 0.381. The number of carbonyl (C=O) groups is 1. The first-order valence-corrected chi connectivity index (χ1v) is 10.9. The Morgan fingerprint density at radius 1 is 1.07 bits per heavy atom. The number of nitrogens with one attached hydrogen (secondary N) is 1. The Morgan fingerprint density at radius 3 is 2.31 bits per heavy atom. The molecule has 156 valence electrons. The predicted octanol–water partition coefficient (Wildman–Crippen LogP) is 3.06. The van der Waals surface area contributed by atoms with Gasteiger partial charge in [0.15, 0.2) is 0 Å². The number of hydrogen-bond donors (Lipinski definition) is 1. The van der Waals surface area contributed by atoms with E-state index in [4.69, 9.17) is 9.47 Å². The van der Waals surface area contributed by atoms with Gasteiger partial charge in [0.05, 0.1) is 18.1 Å². The molecule has 1 N–H and O–H groups in total. The van der Waals surface area contributed by atoms with E-state index in [0.29, 0.717) is 30.1 Å². The summed E-state index contributed by atoms with van der Waals surface area (Å²) in [6, 6.07) is 11.2. The van der Waals surface area contributed by atoms with Gasteiger partial charge in [-0.15, -0.1) is 0 Å². The van der Waals surface area contributed by atoms with Crippen LogP contribution in [0.25, 0.3) is 0 Å². The molecule has 1 amide bonds. The number of sulfonamides is 1. The molecule has 0 aromatic heterocycles. The fourth-order valence-corrected chi connectivity index (χ4v) is 4.42. The quantitative estimate of drug-likeness (QED) is 0.779. The van der Waals surface area contributed by atoms with Gasteiger partial charge < -0.3 is 14.4 Å². The van der Waals surface area contributed by atoms with Gasteiger partial charge in [0.25, 0.3) is 15.9 Å². The number of likely N-dealkylation sites (tertiary alicyclic amines) is 1. The number of carbonyl (C=O) groups excluding carboxylic acids is 1. The lowest BCUT2D eigenvalue weighted by molar-refractivity contribution is 0.0350. The van der Waals surface area contributed by atoms with Crippen LogP contribution in [-0.4, -0.2) is 52.6 Å². The number of aryl methyl sites for hydroxylation is 1. The number of ether oxygens (including phenoxy) is 2. The monoisotopic (exact) mass is 418 g/mol. The lowest BCUT2D eigenvalue weighted by Gasteiger charge is -2.31. The summed E-state index contributed by atoms with van der Waals surface area (Å²) >= 11 is 0. The molecule has 1 heterocycles. The van der Waals surface area contributed by atoms with Crippen LogP contribution in [0.2, 0.25) is 0 Å². The second-order valence-electron chi connectivity index (χ2n) is 7.04. The van der Waals surface area contributed by atoms with Gasteiger partial charge in [0.2, 0.25) is 0 Å². The van der Waals surface area contributed by atoms with Crippen LogP contribution in [0, 0.1) is 6.92 Å². The van der Waals surface area contributed by atoms with Crippen molar-refractivity contribution in [1.29, 1.82) is 0 Å². The standard InChI is InChI=1S/C21H26N2O5S/c1-15-4-9-19(29(25,26)22-16-5-7-17(27-2)8-6-16)14-20(15)21(24)23-12-10-18(28-3)11-13-23/h4-9,14,18,22H,10-13H2,1-3H3. The van der Waals surface area contributed by atoms with Gasteiger partial charge in [-0.3, -0.25) is 9.52 Å².